The lowest BCUT2D eigenvalue weighted by molar-refractivity contribution is -0.116. The standard InChI is InChI=1S/C16H19NO2/c1-11-8-12(2)10-14(9-11)17-16(18)7-6-15-5-4-13(3)19-15/h4-5,8-10H,6-7H2,1-3H3,(H,17,18). The van der Waals surface area contributed by atoms with Crippen molar-refractivity contribution >= 4 is 11.6 Å². The Labute approximate surface area is 113 Å². The summed E-state index contributed by atoms with van der Waals surface area (Å²) in [5, 5.41) is 2.92. The van der Waals surface area contributed by atoms with Crippen LogP contribution >= 0.6 is 0 Å². The average molecular weight is 257 g/mol. The second kappa shape index (κ2) is 5.74. The maximum absolute atomic E-state index is 11.9. The number of hydrogen-bond donors (Lipinski definition) is 1. The molecule has 0 radical (unpaired) electrons. The molecule has 1 N–H and O–H groups in total. The first-order chi connectivity index (χ1) is 9.02. The average Bonchev–Trinajstić information content (AvgIpc) is 2.71. The van der Waals surface area contributed by atoms with Crippen LogP contribution in [-0.4, -0.2) is 5.91 Å². The smallest absolute Gasteiger partial charge is 0.224 e. The van der Waals surface area contributed by atoms with Gasteiger partial charge in [-0.2, -0.15) is 0 Å². The van der Waals surface area contributed by atoms with Crippen molar-refractivity contribution in [3.8, 4) is 0 Å². The van der Waals surface area contributed by atoms with E-state index < -0.39 is 0 Å². The molecule has 0 aliphatic rings. The zero-order valence-electron chi connectivity index (χ0n) is 11.6. The molecule has 0 saturated carbocycles. The lowest BCUT2D eigenvalue weighted by atomic mass is 10.1. The molecule has 0 fully saturated rings. The molecule has 100 valence electrons. The van der Waals surface area contributed by atoms with Crippen molar-refractivity contribution in [1.82, 2.24) is 0 Å². The molecule has 0 aliphatic heterocycles. The number of anilines is 1. The van der Waals surface area contributed by atoms with Crippen LogP contribution < -0.4 is 5.32 Å². The summed E-state index contributed by atoms with van der Waals surface area (Å²) in [6, 6.07) is 9.86. The minimum absolute atomic E-state index is 0.0130. The van der Waals surface area contributed by atoms with Gasteiger partial charge in [0.1, 0.15) is 11.5 Å². The molecule has 0 bridgehead atoms. The molecule has 1 heterocycles. The Hall–Kier alpha value is -2.03. The van der Waals surface area contributed by atoms with Crippen LogP contribution in [0.3, 0.4) is 0 Å². The van der Waals surface area contributed by atoms with E-state index in [1.54, 1.807) is 0 Å². The largest absolute Gasteiger partial charge is 0.466 e. The number of aryl methyl sites for hydroxylation is 4. The second-order valence-corrected chi connectivity index (χ2v) is 4.94. The normalized spacial score (nSPS) is 10.5. The molecule has 1 amide bonds. The first-order valence-corrected chi connectivity index (χ1v) is 6.46. The minimum Gasteiger partial charge on any atom is -0.466 e. The molecule has 1 aromatic heterocycles. The number of amides is 1. The van der Waals surface area contributed by atoms with Crippen molar-refractivity contribution in [2.24, 2.45) is 0 Å². The van der Waals surface area contributed by atoms with E-state index in [0.717, 1.165) is 28.3 Å². The molecular formula is C16H19NO2. The number of hydrogen-bond acceptors (Lipinski definition) is 2. The van der Waals surface area contributed by atoms with E-state index >= 15 is 0 Å². The molecule has 0 atom stereocenters. The van der Waals surface area contributed by atoms with E-state index in [-0.39, 0.29) is 5.91 Å². The molecule has 0 aliphatic carbocycles. The summed E-state index contributed by atoms with van der Waals surface area (Å²) in [4.78, 5) is 11.9. The van der Waals surface area contributed by atoms with Crippen molar-refractivity contribution in [3.63, 3.8) is 0 Å². The summed E-state index contributed by atoms with van der Waals surface area (Å²) in [5.41, 5.74) is 3.16. The summed E-state index contributed by atoms with van der Waals surface area (Å²) in [6.07, 6.45) is 1.06. The van der Waals surface area contributed by atoms with Crippen LogP contribution in [0.2, 0.25) is 0 Å². The number of carbonyl (C=O) groups excluding carboxylic acids is 1. The Kier molecular flexibility index (Phi) is 4.05. The van der Waals surface area contributed by atoms with Crippen molar-refractivity contribution in [2.75, 3.05) is 5.32 Å². The number of carbonyl (C=O) groups is 1. The van der Waals surface area contributed by atoms with Gasteiger partial charge in [0.05, 0.1) is 0 Å². The topological polar surface area (TPSA) is 42.2 Å². The van der Waals surface area contributed by atoms with Crippen LogP contribution in [0.5, 0.6) is 0 Å². The van der Waals surface area contributed by atoms with Gasteiger partial charge in [0.25, 0.3) is 0 Å². The van der Waals surface area contributed by atoms with Gasteiger partial charge in [-0.1, -0.05) is 6.07 Å². The summed E-state index contributed by atoms with van der Waals surface area (Å²) < 4.78 is 5.44. The van der Waals surface area contributed by atoms with E-state index in [1.807, 2.05) is 45.0 Å². The van der Waals surface area contributed by atoms with Gasteiger partial charge < -0.3 is 9.73 Å². The summed E-state index contributed by atoms with van der Waals surface area (Å²) in [7, 11) is 0. The van der Waals surface area contributed by atoms with E-state index in [2.05, 4.69) is 11.4 Å². The Bertz CT molecular complexity index is 564. The second-order valence-electron chi connectivity index (χ2n) is 4.94. The van der Waals surface area contributed by atoms with Crippen LogP contribution in [0.4, 0.5) is 5.69 Å². The number of benzene rings is 1. The number of rotatable bonds is 4. The molecule has 3 nitrogen and oxygen atoms in total. The molecule has 2 rings (SSSR count). The van der Waals surface area contributed by atoms with Gasteiger partial charge >= 0.3 is 0 Å². The van der Waals surface area contributed by atoms with Gasteiger partial charge in [0.15, 0.2) is 0 Å². The zero-order chi connectivity index (χ0) is 13.8. The minimum atomic E-state index is 0.0130. The first kappa shape index (κ1) is 13.4. The maximum atomic E-state index is 11.9. The van der Waals surface area contributed by atoms with Crippen molar-refractivity contribution in [1.29, 1.82) is 0 Å². The highest BCUT2D eigenvalue weighted by Gasteiger charge is 2.06. The molecule has 1 aromatic carbocycles. The van der Waals surface area contributed by atoms with Crippen molar-refractivity contribution < 1.29 is 9.21 Å². The molecule has 0 spiro atoms. The van der Waals surface area contributed by atoms with Crippen molar-refractivity contribution in [3.05, 3.63) is 53.0 Å². The van der Waals surface area contributed by atoms with Gasteiger partial charge in [-0.25, -0.2) is 0 Å². The molecule has 3 heteroatoms. The van der Waals surface area contributed by atoms with Crippen LogP contribution in [0.15, 0.2) is 34.7 Å². The number of nitrogens with one attached hydrogen (secondary N) is 1. The molecule has 0 saturated heterocycles. The predicted octanol–water partition coefficient (Wildman–Crippen LogP) is 3.78. The van der Waals surface area contributed by atoms with Crippen LogP contribution in [0, 0.1) is 20.8 Å². The van der Waals surface area contributed by atoms with E-state index in [0.29, 0.717) is 12.8 Å². The van der Waals surface area contributed by atoms with Crippen molar-refractivity contribution in [2.45, 2.75) is 33.6 Å². The maximum Gasteiger partial charge on any atom is 0.224 e. The zero-order valence-corrected chi connectivity index (χ0v) is 11.6. The highest BCUT2D eigenvalue weighted by Crippen LogP contribution is 2.15. The lowest BCUT2D eigenvalue weighted by Gasteiger charge is -2.07. The molecule has 0 unspecified atom stereocenters. The summed E-state index contributed by atoms with van der Waals surface area (Å²) in [6.45, 7) is 5.95. The Balaban J connectivity index is 1.90. The molecular weight excluding hydrogens is 238 g/mol. The molecule has 19 heavy (non-hydrogen) atoms. The van der Waals surface area contributed by atoms with E-state index in [4.69, 9.17) is 4.42 Å². The van der Waals surface area contributed by atoms with Gasteiger partial charge in [-0.3, -0.25) is 4.79 Å². The predicted molar refractivity (Wildman–Crippen MR) is 76.3 cm³/mol. The Morgan fingerprint density at radius 2 is 1.79 bits per heavy atom. The Morgan fingerprint density at radius 1 is 1.11 bits per heavy atom. The summed E-state index contributed by atoms with van der Waals surface area (Å²) in [5.74, 6) is 1.75. The van der Waals surface area contributed by atoms with Gasteiger partial charge in [-0.15, -0.1) is 0 Å². The third-order valence-corrected chi connectivity index (χ3v) is 2.90. The SMILES string of the molecule is Cc1cc(C)cc(NC(=O)CCc2ccc(C)o2)c1. The first-order valence-electron chi connectivity index (χ1n) is 6.46. The van der Waals surface area contributed by atoms with Gasteiger partial charge in [0.2, 0.25) is 5.91 Å². The lowest BCUT2D eigenvalue weighted by Crippen LogP contribution is -2.12. The van der Waals surface area contributed by atoms with Gasteiger partial charge in [0, 0.05) is 18.5 Å². The Morgan fingerprint density at radius 3 is 2.37 bits per heavy atom. The number of furan rings is 1. The fourth-order valence-electron chi connectivity index (χ4n) is 2.13. The highest BCUT2D eigenvalue weighted by molar-refractivity contribution is 5.90. The highest BCUT2D eigenvalue weighted by atomic mass is 16.3. The monoisotopic (exact) mass is 257 g/mol. The fourth-order valence-corrected chi connectivity index (χ4v) is 2.13. The van der Waals surface area contributed by atoms with E-state index in [9.17, 15) is 4.79 Å². The summed E-state index contributed by atoms with van der Waals surface area (Å²) >= 11 is 0. The fraction of sp³-hybridized carbons (Fsp3) is 0.312. The third kappa shape index (κ3) is 3.98. The van der Waals surface area contributed by atoms with E-state index in [1.165, 1.54) is 0 Å². The van der Waals surface area contributed by atoms with Crippen LogP contribution in [0.1, 0.15) is 29.1 Å². The van der Waals surface area contributed by atoms with Crippen LogP contribution in [0.25, 0.3) is 0 Å². The van der Waals surface area contributed by atoms with Gasteiger partial charge in [-0.05, 0) is 56.2 Å². The third-order valence-electron chi connectivity index (χ3n) is 2.90. The van der Waals surface area contributed by atoms with Crippen LogP contribution in [-0.2, 0) is 11.2 Å². The molecule has 2 aromatic rings. The quantitative estimate of drug-likeness (QED) is 0.905.